The number of aromatic nitrogens is 6. The van der Waals surface area contributed by atoms with Crippen molar-refractivity contribution in [2.24, 2.45) is 0 Å². The van der Waals surface area contributed by atoms with Crippen molar-refractivity contribution >= 4 is 26.8 Å². The highest BCUT2D eigenvalue weighted by molar-refractivity contribution is 7.89. The number of sulfonamides is 1. The Labute approximate surface area is 208 Å². The number of benzene rings is 1. The van der Waals surface area contributed by atoms with E-state index in [-0.39, 0.29) is 22.7 Å². The summed E-state index contributed by atoms with van der Waals surface area (Å²) in [6.45, 7) is 9.40. The summed E-state index contributed by atoms with van der Waals surface area (Å²) in [6.07, 6.45) is 2.15. The second-order valence-corrected chi connectivity index (χ2v) is 11.1. The zero-order valence-corrected chi connectivity index (χ0v) is 21.5. The molecule has 0 saturated carbocycles. The number of nitrogens with one attached hydrogen (secondary N) is 2. The second-order valence-electron chi connectivity index (χ2n) is 9.13. The molecule has 13 heteroatoms. The van der Waals surface area contributed by atoms with E-state index in [1.165, 1.54) is 19.6 Å². The lowest BCUT2D eigenvalue weighted by atomic mass is 10.2. The van der Waals surface area contributed by atoms with Crippen molar-refractivity contribution in [1.82, 2.24) is 38.8 Å². The van der Waals surface area contributed by atoms with Gasteiger partial charge in [-0.3, -0.25) is 4.57 Å². The molecule has 12 nitrogen and oxygen atoms in total. The van der Waals surface area contributed by atoms with Crippen LogP contribution in [0.3, 0.4) is 0 Å². The number of aryl methyl sites for hydroxylation is 1. The highest BCUT2D eigenvalue weighted by Crippen LogP contribution is 2.33. The fourth-order valence-corrected chi connectivity index (χ4v) is 6.35. The van der Waals surface area contributed by atoms with Crippen LogP contribution in [0.4, 0.5) is 0 Å². The van der Waals surface area contributed by atoms with Gasteiger partial charge in [-0.25, -0.2) is 22.6 Å². The van der Waals surface area contributed by atoms with E-state index in [1.54, 1.807) is 18.2 Å². The number of hydrogen-bond donors (Lipinski definition) is 2. The summed E-state index contributed by atoms with van der Waals surface area (Å²) < 4.78 is 37.5. The van der Waals surface area contributed by atoms with Crippen molar-refractivity contribution in [1.29, 1.82) is 0 Å². The van der Waals surface area contributed by atoms with E-state index < -0.39 is 10.0 Å². The van der Waals surface area contributed by atoms with Gasteiger partial charge in [0.05, 0.1) is 17.1 Å². The lowest BCUT2D eigenvalue weighted by Gasteiger charge is -2.35. The molecule has 0 spiro atoms. The van der Waals surface area contributed by atoms with Crippen molar-refractivity contribution in [3.8, 4) is 17.1 Å². The first-order chi connectivity index (χ1) is 17.2. The molecule has 5 rings (SSSR count). The van der Waals surface area contributed by atoms with Gasteiger partial charge in [0.1, 0.15) is 23.4 Å². The first kappa shape index (κ1) is 24.4. The third-order valence-corrected chi connectivity index (χ3v) is 8.12. The highest BCUT2D eigenvalue weighted by atomic mass is 32.2. The van der Waals surface area contributed by atoms with Crippen molar-refractivity contribution in [2.45, 2.75) is 57.6 Å². The maximum Gasteiger partial charge on any atom is 0.336 e. The van der Waals surface area contributed by atoms with Crippen LogP contribution < -0.4 is 15.7 Å². The van der Waals surface area contributed by atoms with Crippen LogP contribution >= 0.6 is 0 Å². The van der Waals surface area contributed by atoms with Crippen molar-refractivity contribution in [3.63, 3.8) is 0 Å². The third kappa shape index (κ3) is 4.06. The van der Waals surface area contributed by atoms with E-state index in [0.29, 0.717) is 60.2 Å². The molecule has 1 aliphatic rings. The second kappa shape index (κ2) is 9.30. The quantitative estimate of drug-likeness (QED) is 0.379. The first-order valence-electron chi connectivity index (χ1n) is 12.1. The summed E-state index contributed by atoms with van der Waals surface area (Å²) in [4.78, 5) is 21.0. The van der Waals surface area contributed by atoms with E-state index >= 15 is 0 Å². The van der Waals surface area contributed by atoms with Crippen molar-refractivity contribution in [3.05, 3.63) is 35.0 Å². The minimum atomic E-state index is -3.76. The molecule has 4 heterocycles. The molecule has 1 aliphatic heterocycles. The standard InChI is InChI=1S/C23H30N8O4S/c1-5-9-35-18-8-7-16(36(33,34)29-11-14(3)25-15(4)12-29)10-17(18)20-26-19-21(27-20)30(6-2)23(32)31-13-24-28-22(19)31/h7-8,10,13-15,25H,5-6,9,11-12H2,1-4H3,(H,26,27). The predicted octanol–water partition coefficient (Wildman–Crippen LogP) is 1.61. The fourth-order valence-electron chi connectivity index (χ4n) is 4.71. The van der Waals surface area contributed by atoms with Crippen LogP contribution in [-0.4, -0.2) is 73.6 Å². The maximum atomic E-state index is 13.6. The van der Waals surface area contributed by atoms with Crippen LogP contribution in [-0.2, 0) is 16.6 Å². The molecule has 1 fully saturated rings. The van der Waals surface area contributed by atoms with Gasteiger partial charge in [-0.15, -0.1) is 10.2 Å². The smallest absolute Gasteiger partial charge is 0.336 e. The van der Waals surface area contributed by atoms with E-state index in [9.17, 15) is 13.2 Å². The normalized spacial score (nSPS) is 19.3. The van der Waals surface area contributed by atoms with Crippen LogP contribution in [0.2, 0.25) is 0 Å². The van der Waals surface area contributed by atoms with Crippen molar-refractivity contribution in [2.75, 3.05) is 19.7 Å². The predicted molar refractivity (Wildman–Crippen MR) is 135 cm³/mol. The maximum absolute atomic E-state index is 13.6. The summed E-state index contributed by atoms with van der Waals surface area (Å²) in [5.41, 5.74) is 1.48. The van der Waals surface area contributed by atoms with Gasteiger partial charge < -0.3 is 15.0 Å². The molecular formula is C23H30N8O4S. The summed E-state index contributed by atoms with van der Waals surface area (Å²) in [5.74, 6) is 0.882. The van der Waals surface area contributed by atoms with Gasteiger partial charge in [0.25, 0.3) is 0 Å². The number of hydrogen-bond acceptors (Lipinski definition) is 8. The Morgan fingerprint density at radius 3 is 2.58 bits per heavy atom. The molecule has 2 N–H and O–H groups in total. The van der Waals surface area contributed by atoms with E-state index in [1.807, 2.05) is 27.7 Å². The third-order valence-electron chi connectivity index (χ3n) is 6.29. The van der Waals surface area contributed by atoms with Gasteiger partial charge >= 0.3 is 5.69 Å². The number of aromatic amines is 1. The van der Waals surface area contributed by atoms with Gasteiger partial charge in [0.15, 0.2) is 11.3 Å². The molecule has 1 aromatic carbocycles. The van der Waals surface area contributed by atoms with Crippen LogP contribution in [0, 0.1) is 0 Å². The highest BCUT2D eigenvalue weighted by Gasteiger charge is 2.32. The Balaban J connectivity index is 1.68. The lowest BCUT2D eigenvalue weighted by Crippen LogP contribution is -2.55. The Hall–Kier alpha value is -3.29. The lowest BCUT2D eigenvalue weighted by molar-refractivity contribution is 0.263. The number of piperazine rings is 1. The molecule has 0 aliphatic carbocycles. The zero-order valence-electron chi connectivity index (χ0n) is 20.7. The topological polar surface area (TPSA) is 140 Å². The SMILES string of the molecule is CCCOc1ccc(S(=O)(=O)N2CC(C)NC(C)C2)cc1-c1nc2c([nH]1)c1nncn1c(=O)n2CC. The Kier molecular flexibility index (Phi) is 6.30. The molecule has 0 bridgehead atoms. The average Bonchev–Trinajstić information content (AvgIpc) is 3.50. The fraction of sp³-hybridized carbons (Fsp3) is 0.478. The van der Waals surface area contributed by atoms with Crippen LogP contribution in [0.1, 0.15) is 34.1 Å². The molecule has 4 aromatic rings. The summed E-state index contributed by atoms with van der Waals surface area (Å²) in [5, 5.41) is 11.3. The summed E-state index contributed by atoms with van der Waals surface area (Å²) in [6, 6.07) is 4.91. The molecular weight excluding hydrogens is 484 g/mol. The molecule has 0 radical (unpaired) electrons. The molecule has 2 unspecified atom stereocenters. The summed E-state index contributed by atoms with van der Waals surface area (Å²) >= 11 is 0. The molecule has 192 valence electrons. The van der Waals surface area contributed by atoms with Gasteiger partial charge in [-0.1, -0.05) is 6.92 Å². The number of fused-ring (bicyclic) bond motifs is 3. The molecule has 2 atom stereocenters. The van der Waals surface area contributed by atoms with Crippen LogP contribution in [0.5, 0.6) is 5.75 Å². The van der Waals surface area contributed by atoms with E-state index in [0.717, 1.165) is 6.42 Å². The number of rotatable bonds is 7. The van der Waals surface area contributed by atoms with E-state index in [4.69, 9.17) is 9.72 Å². The molecule has 36 heavy (non-hydrogen) atoms. The number of H-pyrrole nitrogens is 1. The Morgan fingerprint density at radius 1 is 1.14 bits per heavy atom. The zero-order chi connectivity index (χ0) is 25.6. The molecule has 0 amide bonds. The Morgan fingerprint density at radius 2 is 1.89 bits per heavy atom. The minimum absolute atomic E-state index is 0.0434. The van der Waals surface area contributed by atoms with E-state index in [2.05, 4.69) is 20.5 Å². The van der Waals surface area contributed by atoms with Gasteiger partial charge in [0, 0.05) is 31.7 Å². The largest absolute Gasteiger partial charge is 0.493 e. The first-order valence-corrected chi connectivity index (χ1v) is 13.5. The van der Waals surface area contributed by atoms with Gasteiger partial charge in [-0.2, -0.15) is 4.31 Å². The minimum Gasteiger partial charge on any atom is -0.493 e. The number of ether oxygens (including phenoxy) is 1. The molecule has 1 saturated heterocycles. The average molecular weight is 515 g/mol. The Bertz CT molecular complexity index is 1580. The number of nitrogens with zero attached hydrogens (tertiary/aromatic N) is 6. The number of imidazole rings is 1. The van der Waals surface area contributed by atoms with Crippen LogP contribution in [0.15, 0.2) is 34.2 Å². The molecule has 3 aromatic heterocycles. The van der Waals surface area contributed by atoms with Crippen LogP contribution in [0.25, 0.3) is 28.2 Å². The van der Waals surface area contributed by atoms with Gasteiger partial charge in [-0.05, 0) is 45.4 Å². The van der Waals surface area contributed by atoms with Gasteiger partial charge in [0.2, 0.25) is 10.0 Å². The van der Waals surface area contributed by atoms with Crippen molar-refractivity contribution < 1.29 is 13.2 Å². The monoisotopic (exact) mass is 514 g/mol. The summed E-state index contributed by atoms with van der Waals surface area (Å²) in [7, 11) is -3.76.